The molecule has 0 atom stereocenters. The van der Waals surface area contributed by atoms with E-state index >= 15 is 0 Å². The number of aryl methyl sites for hydroxylation is 1. The summed E-state index contributed by atoms with van der Waals surface area (Å²) in [5.41, 5.74) is 4.55. The van der Waals surface area contributed by atoms with Crippen LogP contribution < -0.4 is 0 Å². The SMILES string of the molecule is Cn1c(C(=O)N2CCN(C3CCC(O)CC3)C(=O)C2)nc2c(-c3ccc(F)cc3)cc(C3CC3)cc21. The van der Waals surface area contributed by atoms with E-state index in [1.54, 1.807) is 17.0 Å². The molecule has 1 aromatic heterocycles. The Balaban J connectivity index is 1.29. The molecule has 0 bridgehead atoms. The number of hydrogen-bond donors (Lipinski definition) is 1. The van der Waals surface area contributed by atoms with Crippen molar-refractivity contribution in [1.29, 1.82) is 0 Å². The van der Waals surface area contributed by atoms with Crippen LogP contribution in [0.5, 0.6) is 0 Å². The summed E-state index contributed by atoms with van der Waals surface area (Å²) in [4.78, 5) is 34.8. The van der Waals surface area contributed by atoms with Gasteiger partial charge in [-0.15, -0.1) is 0 Å². The van der Waals surface area contributed by atoms with Gasteiger partial charge in [-0.25, -0.2) is 9.37 Å². The van der Waals surface area contributed by atoms with Crippen LogP contribution in [0.2, 0.25) is 0 Å². The molecule has 0 spiro atoms. The highest BCUT2D eigenvalue weighted by molar-refractivity contribution is 6.01. The second-order valence-electron chi connectivity index (χ2n) is 10.5. The van der Waals surface area contributed by atoms with Gasteiger partial charge in [-0.1, -0.05) is 12.1 Å². The third kappa shape index (κ3) is 4.17. The molecule has 2 heterocycles. The largest absolute Gasteiger partial charge is 0.393 e. The molecule has 2 amide bonds. The lowest BCUT2D eigenvalue weighted by molar-refractivity contribution is -0.138. The Labute approximate surface area is 209 Å². The summed E-state index contributed by atoms with van der Waals surface area (Å²) in [5.74, 6) is 0.229. The molecule has 8 heteroatoms. The number of benzene rings is 2. The van der Waals surface area contributed by atoms with Crippen LogP contribution in [0.1, 0.15) is 60.6 Å². The zero-order valence-electron chi connectivity index (χ0n) is 20.5. The second kappa shape index (κ2) is 9.00. The van der Waals surface area contributed by atoms with E-state index in [0.717, 1.165) is 55.2 Å². The zero-order chi connectivity index (χ0) is 25.0. The van der Waals surface area contributed by atoms with Crippen LogP contribution in [0.3, 0.4) is 0 Å². The molecule has 36 heavy (non-hydrogen) atoms. The maximum atomic E-state index is 13.6. The Morgan fingerprint density at radius 2 is 1.75 bits per heavy atom. The molecule has 0 radical (unpaired) electrons. The van der Waals surface area contributed by atoms with Crippen molar-refractivity contribution in [3.8, 4) is 11.1 Å². The van der Waals surface area contributed by atoms with E-state index in [2.05, 4.69) is 12.1 Å². The standard InChI is InChI=1S/C28H31FN4O3/c1-31-24-15-19(17-2-3-17)14-23(18-4-6-20(29)7-5-18)26(24)30-27(31)28(36)32-12-13-33(25(35)16-32)21-8-10-22(34)11-9-21/h4-7,14-15,17,21-22,34H,2-3,8-13,16H2,1H3. The third-order valence-electron chi connectivity index (χ3n) is 8.06. The minimum atomic E-state index is -0.293. The van der Waals surface area contributed by atoms with E-state index in [9.17, 15) is 19.1 Å². The average Bonchev–Trinajstić information content (AvgIpc) is 3.68. The number of hydrogen-bond acceptors (Lipinski definition) is 4. The zero-order valence-corrected chi connectivity index (χ0v) is 20.5. The van der Waals surface area contributed by atoms with Crippen LogP contribution in [0, 0.1) is 5.82 Å². The fourth-order valence-electron chi connectivity index (χ4n) is 5.76. The molecule has 2 aromatic carbocycles. The smallest absolute Gasteiger partial charge is 0.290 e. The third-order valence-corrected chi connectivity index (χ3v) is 8.06. The van der Waals surface area contributed by atoms with E-state index in [4.69, 9.17) is 4.98 Å². The van der Waals surface area contributed by atoms with Gasteiger partial charge < -0.3 is 19.5 Å². The monoisotopic (exact) mass is 490 g/mol. The molecular formula is C28H31FN4O3. The highest BCUT2D eigenvalue weighted by Crippen LogP contribution is 2.43. The van der Waals surface area contributed by atoms with E-state index < -0.39 is 0 Å². The number of nitrogens with zero attached hydrogens (tertiary/aromatic N) is 4. The van der Waals surface area contributed by atoms with Gasteiger partial charge in [0.05, 0.1) is 17.1 Å². The first-order chi connectivity index (χ1) is 17.4. The number of rotatable bonds is 4. The van der Waals surface area contributed by atoms with Gasteiger partial charge in [-0.3, -0.25) is 9.59 Å². The van der Waals surface area contributed by atoms with Crippen LogP contribution in [0.15, 0.2) is 36.4 Å². The van der Waals surface area contributed by atoms with Gasteiger partial charge in [-0.05, 0) is 79.8 Å². The predicted octanol–water partition coefficient (Wildman–Crippen LogP) is 3.84. The molecule has 3 aliphatic rings. The van der Waals surface area contributed by atoms with Gasteiger partial charge in [-0.2, -0.15) is 0 Å². The predicted molar refractivity (Wildman–Crippen MR) is 134 cm³/mol. The molecule has 2 aliphatic carbocycles. The van der Waals surface area contributed by atoms with Crippen molar-refractivity contribution >= 4 is 22.8 Å². The van der Waals surface area contributed by atoms with Gasteiger partial charge in [0, 0.05) is 31.7 Å². The Kier molecular flexibility index (Phi) is 5.79. The van der Waals surface area contributed by atoms with Gasteiger partial charge >= 0.3 is 0 Å². The number of aliphatic hydroxyl groups is 1. The van der Waals surface area contributed by atoms with E-state index in [1.807, 2.05) is 16.5 Å². The Bertz CT molecular complexity index is 1320. The van der Waals surface area contributed by atoms with E-state index in [-0.39, 0.29) is 36.3 Å². The van der Waals surface area contributed by atoms with Crippen molar-refractivity contribution in [3.63, 3.8) is 0 Å². The molecule has 1 saturated heterocycles. The number of aliphatic hydroxyl groups excluding tert-OH is 1. The minimum Gasteiger partial charge on any atom is -0.393 e. The highest BCUT2D eigenvalue weighted by Gasteiger charge is 2.35. The molecule has 188 valence electrons. The van der Waals surface area contributed by atoms with Crippen molar-refractivity contribution in [1.82, 2.24) is 19.4 Å². The number of fused-ring (bicyclic) bond motifs is 1. The number of halogens is 1. The number of amides is 2. The first kappa shape index (κ1) is 23.2. The van der Waals surface area contributed by atoms with Crippen molar-refractivity contribution < 1.29 is 19.1 Å². The Morgan fingerprint density at radius 1 is 1.03 bits per heavy atom. The highest BCUT2D eigenvalue weighted by atomic mass is 19.1. The van der Waals surface area contributed by atoms with Crippen LogP contribution >= 0.6 is 0 Å². The van der Waals surface area contributed by atoms with Crippen molar-refractivity contribution in [2.45, 2.75) is 56.6 Å². The number of piperazine rings is 1. The number of carbonyl (C=O) groups is 2. The molecule has 0 unspecified atom stereocenters. The summed E-state index contributed by atoms with van der Waals surface area (Å²) in [5, 5.41) is 9.79. The summed E-state index contributed by atoms with van der Waals surface area (Å²) in [6.07, 6.45) is 5.07. The molecule has 3 fully saturated rings. The fraction of sp³-hybridized carbons (Fsp3) is 0.464. The average molecular weight is 491 g/mol. The molecule has 6 rings (SSSR count). The fourth-order valence-corrected chi connectivity index (χ4v) is 5.76. The first-order valence-electron chi connectivity index (χ1n) is 12.9. The quantitative estimate of drug-likeness (QED) is 0.603. The lowest BCUT2D eigenvalue weighted by atomic mass is 9.91. The second-order valence-corrected chi connectivity index (χ2v) is 10.5. The lowest BCUT2D eigenvalue weighted by Crippen LogP contribution is -2.56. The van der Waals surface area contributed by atoms with Crippen LogP contribution in [0.4, 0.5) is 4.39 Å². The molecule has 1 aliphatic heterocycles. The van der Waals surface area contributed by atoms with Crippen molar-refractivity contribution in [3.05, 3.63) is 53.6 Å². The minimum absolute atomic E-state index is 0.0409. The summed E-state index contributed by atoms with van der Waals surface area (Å²) in [6.45, 7) is 1.01. The molecular weight excluding hydrogens is 459 g/mol. The Morgan fingerprint density at radius 3 is 2.42 bits per heavy atom. The number of imidazole rings is 1. The normalized spacial score (nSPS) is 22.9. The molecule has 1 N–H and O–H groups in total. The molecule has 2 saturated carbocycles. The van der Waals surface area contributed by atoms with Crippen LogP contribution in [-0.4, -0.2) is 68.1 Å². The van der Waals surface area contributed by atoms with Crippen LogP contribution in [-0.2, 0) is 11.8 Å². The van der Waals surface area contributed by atoms with Crippen molar-refractivity contribution in [2.75, 3.05) is 19.6 Å². The maximum Gasteiger partial charge on any atom is 0.290 e. The van der Waals surface area contributed by atoms with Gasteiger partial charge in [0.15, 0.2) is 5.82 Å². The maximum absolute atomic E-state index is 13.6. The van der Waals surface area contributed by atoms with E-state index in [0.29, 0.717) is 30.3 Å². The van der Waals surface area contributed by atoms with E-state index in [1.165, 1.54) is 17.7 Å². The summed E-state index contributed by atoms with van der Waals surface area (Å²) in [6, 6.07) is 10.8. The molecule has 3 aromatic rings. The van der Waals surface area contributed by atoms with Gasteiger partial charge in [0.1, 0.15) is 12.4 Å². The Hall–Kier alpha value is -3.26. The van der Waals surface area contributed by atoms with Gasteiger partial charge in [0.25, 0.3) is 5.91 Å². The number of aromatic nitrogens is 2. The first-order valence-corrected chi connectivity index (χ1v) is 12.9. The van der Waals surface area contributed by atoms with Crippen LogP contribution in [0.25, 0.3) is 22.2 Å². The topological polar surface area (TPSA) is 78.7 Å². The molecule has 7 nitrogen and oxygen atoms in total. The summed E-state index contributed by atoms with van der Waals surface area (Å²) >= 11 is 0. The van der Waals surface area contributed by atoms with Gasteiger partial charge in [0.2, 0.25) is 5.91 Å². The van der Waals surface area contributed by atoms with Crippen molar-refractivity contribution in [2.24, 2.45) is 7.05 Å². The number of carbonyl (C=O) groups excluding carboxylic acids is 2. The summed E-state index contributed by atoms with van der Waals surface area (Å²) in [7, 11) is 1.85. The lowest BCUT2D eigenvalue weighted by Gasteiger charge is -2.41. The summed E-state index contributed by atoms with van der Waals surface area (Å²) < 4.78 is 15.4.